The lowest BCUT2D eigenvalue weighted by molar-refractivity contribution is 0.259. The molecule has 0 saturated heterocycles. The fraction of sp³-hybridized carbons (Fsp3) is 0.625. The fourth-order valence-corrected chi connectivity index (χ4v) is 4.74. The van der Waals surface area contributed by atoms with Crippen molar-refractivity contribution < 1.29 is 0 Å². The molecule has 1 fully saturated rings. The Bertz CT molecular complexity index is 392. The SMILES string of the molecule is Cc1ccc(C)c(SCC2(CS)CCCCC2)c1. The average Bonchev–Trinajstić information content (AvgIpc) is 2.41. The lowest BCUT2D eigenvalue weighted by Gasteiger charge is -2.36. The summed E-state index contributed by atoms with van der Waals surface area (Å²) in [6.45, 7) is 4.40. The molecule has 0 spiro atoms. The highest BCUT2D eigenvalue weighted by Crippen LogP contribution is 2.42. The van der Waals surface area contributed by atoms with Gasteiger partial charge in [-0.25, -0.2) is 0 Å². The van der Waals surface area contributed by atoms with E-state index in [2.05, 4.69) is 44.7 Å². The average molecular weight is 281 g/mol. The quantitative estimate of drug-likeness (QED) is 0.578. The van der Waals surface area contributed by atoms with Crippen molar-refractivity contribution in [1.82, 2.24) is 0 Å². The lowest BCUT2D eigenvalue weighted by atomic mass is 9.77. The molecule has 0 amide bonds. The summed E-state index contributed by atoms with van der Waals surface area (Å²) in [6, 6.07) is 6.77. The molecule has 0 N–H and O–H groups in total. The van der Waals surface area contributed by atoms with Crippen molar-refractivity contribution in [3.63, 3.8) is 0 Å². The summed E-state index contributed by atoms with van der Waals surface area (Å²) in [5, 5.41) is 0. The van der Waals surface area contributed by atoms with Crippen LogP contribution in [-0.2, 0) is 0 Å². The van der Waals surface area contributed by atoms with E-state index in [9.17, 15) is 0 Å². The molecule has 0 bridgehead atoms. The molecule has 2 rings (SSSR count). The zero-order chi connectivity index (χ0) is 13.0. The Morgan fingerprint density at radius 1 is 1.17 bits per heavy atom. The largest absolute Gasteiger partial charge is 0.179 e. The minimum absolute atomic E-state index is 0.488. The highest BCUT2D eigenvalue weighted by atomic mass is 32.2. The molecular weight excluding hydrogens is 256 g/mol. The summed E-state index contributed by atoms with van der Waals surface area (Å²) in [7, 11) is 0. The van der Waals surface area contributed by atoms with Gasteiger partial charge in [-0.2, -0.15) is 12.6 Å². The van der Waals surface area contributed by atoms with Crippen molar-refractivity contribution in [1.29, 1.82) is 0 Å². The molecule has 0 heterocycles. The number of thiol groups is 1. The third-order valence-corrected chi connectivity index (χ3v) is 6.31. The predicted molar refractivity (Wildman–Crippen MR) is 86.0 cm³/mol. The van der Waals surface area contributed by atoms with Gasteiger partial charge in [0.1, 0.15) is 0 Å². The zero-order valence-corrected chi connectivity index (χ0v) is 13.2. The molecule has 1 aromatic carbocycles. The first kappa shape index (κ1) is 14.3. The van der Waals surface area contributed by atoms with E-state index in [0.717, 1.165) is 5.75 Å². The van der Waals surface area contributed by atoms with Crippen LogP contribution in [0.1, 0.15) is 43.2 Å². The number of hydrogen-bond donors (Lipinski definition) is 1. The van der Waals surface area contributed by atoms with Crippen LogP contribution in [0.15, 0.2) is 23.1 Å². The third-order valence-electron chi connectivity index (χ3n) is 4.13. The van der Waals surface area contributed by atoms with E-state index in [0.29, 0.717) is 5.41 Å². The minimum Gasteiger partial charge on any atom is -0.179 e. The first-order chi connectivity index (χ1) is 8.65. The number of rotatable bonds is 4. The lowest BCUT2D eigenvalue weighted by Crippen LogP contribution is -2.28. The summed E-state index contributed by atoms with van der Waals surface area (Å²) in [5.74, 6) is 2.28. The van der Waals surface area contributed by atoms with E-state index in [4.69, 9.17) is 0 Å². The first-order valence-corrected chi connectivity index (χ1v) is 8.58. The molecule has 18 heavy (non-hydrogen) atoms. The van der Waals surface area contributed by atoms with Gasteiger partial charge in [0.25, 0.3) is 0 Å². The summed E-state index contributed by atoms with van der Waals surface area (Å²) < 4.78 is 0. The monoisotopic (exact) mass is 280 g/mol. The molecule has 0 aliphatic heterocycles. The third kappa shape index (κ3) is 3.48. The Kier molecular flexibility index (Phi) is 5.08. The zero-order valence-electron chi connectivity index (χ0n) is 11.5. The van der Waals surface area contributed by atoms with Gasteiger partial charge in [-0.05, 0) is 49.5 Å². The van der Waals surface area contributed by atoms with Crippen molar-refractivity contribution in [2.24, 2.45) is 5.41 Å². The van der Waals surface area contributed by atoms with Gasteiger partial charge in [-0.15, -0.1) is 11.8 Å². The van der Waals surface area contributed by atoms with Gasteiger partial charge in [-0.3, -0.25) is 0 Å². The molecule has 1 aliphatic rings. The Labute approximate surface area is 121 Å². The van der Waals surface area contributed by atoms with Crippen LogP contribution in [0.25, 0.3) is 0 Å². The predicted octanol–water partition coefficient (Wildman–Crippen LogP) is 5.28. The van der Waals surface area contributed by atoms with Crippen LogP contribution in [0, 0.1) is 19.3 Å². The standard InChI is InChI=1S/C16H24S2/c1-13-6-7-14(2)15(10-13)18-12-16(11-17)8-4-3-5-9-16/h6-7,10,17H,3-5,8-9,11-12H2,1-2H3. The van der Waals surface area contributed by atoms with Crippen LogP contribution in [0.2, 0.25) is 0 Å². The van der Waals surface area contributed by atoms with Gasteiger partial charge in [0.05, 0.1) is 0 Å². The maximum absolute atomic E-state index is 4.63. The summed E-state index contributed by atoms with van der Waals surface area (Å²) in [4.78, 5) is 1.46. The number of aryl methyl sites for hydroxylation is 2. The molecular formula is C16H24S2. The van der Waals surface area contributed by atoms with Crippen LogP contribution >= 0.6 is 24.4 Å². The number of thioether (sulfide) groups is 1. The van der Waals surface area contributed by atoms with Crippen molar-refractivity contribution in [3.8, 4) is 0 Å². The van der Waals surface area contributed by atoms with Crippen LogP contribution < -0.4 is 0 Å². The number of benzene rings is 1. The highest BCUT2D eigenvalue weighted by Gasteiger charge is 2.30. The summed E-state index contributed by atoms with van der Waals surface area (Å²) >= 11 is 6.67. The molecule has 0 radical (unpaired) electrons. The van der Waals surface area contributed by atoms with E-state index < -0.39 is 0 Å². The molecule has 1 aliphatic carbocycles. The van der Waals surface area contributed by atoms with E-state index >= 15 is 0 Å². The molecule has 0 atom stereocenters. The molecule has 100 valence electrons. The highest BCUT2D eigenvalue weighted by molar-refractivity contribution is 7.99. The second-order valence-corrected chi connectivity index (χ2v) is 7.11. The Hall–Kier alpha value is -0.0800. The van der Waals surface area contributed by atoms with Gasteiger partial charge < -0.3 is 0 Å². The maximum Gasteiger partial charge on any atom is 0.0104 e. The van der Waals surface area contributed by atoms with E-state index in [1.807, 2.05) is 11.8 Å². The van der Waals surface area contributed by atoms with Gasteiger partial charge in [0.2, 0.25) is 0 Å². The summed E-state index contributed by atoms with van der Waals surface area (Å²) in [6.07, 6.45) is 6.95. The van der Waals surface area contributed by atoms with Gasteiger partial charge in [0.15, 0.2) is 0 Å². The van der Waals surface area contributed by atoms with Crippen LogP contribution in [0.3, 0.4) is 0 Å². The van der Waals surface area contributed by atoms with E-state index in [-0.39, 0.29) is 0 Å². The smallest absolute Gasteiger partial charge is 0.0104 e. The molecule has 2 heteroatoms. The van der Waals surface area contributed by atoms with Crippen molar-refractivity contribution >= 4 is 24.4 Å². The van der Waals surface area contributed by atoms with Crippen molar-refractivity contribution in [3.05, 3.63) is 29.3 Å². The Balaban J connectivity index is 2.03. The Morgan fingerprint density at radius 3 is 2.56 bits per heavy atom. The molecule has 1 saturated carbocycles. The first-order valence-electron chi connectivity index (χ1n) is 6.96. The van der Waals surface area contributed by atoms with Crippen LogP contribution in [-0.4, -0.2) is 11.5 Å². The normalized spacial score (nSPS) is 18.8. The van der Waals surface area contributed by atoms with Crippen molar-refractivity contribution in [2.45, 2.75) is 50.8 Å². The topological polar surface area (TPSA) is 0 Å². The molecule has 0 nitrogen and oxygen atoms in total. The summed E-state index contributed by atoms with van der Waals surface area (Å²) in [5.41, 5.74) is 3.27. The second-order valence-electron chi connectivity index (χ2n) is 5.78. The van der Waals surface area contributed by atoms with E-state index in [1.165, 1.54) is 53.9 Å². The van der Waals surface area contributed by atoms with Gasteiger partial charge in [-0.1, -0.05) is 37.0 Å². The second kappa shape index (κ2) is 6.38. The van der Waals surface area contributed by atoms with Crippen LogP contribution in [0.4, 0.5) is 0 Å². The van der Waals surface area contributed by atoms with Gasteiger partial charge >= 0.3 is 0 Å². The number of hydrogen-bond acceptors (Lipinski definition) is 2. The van der Waals surface area contributed by atoms with E-state index in [1.54, 1.807) is 0 Å². The Morgan fingerprint density at radius 2 is 1.89 bits per heavy atom. The fourth-order valence-electron chi connectivity index (χ4n) is 2.74. The van der Waals surface area contributed by atoms with Gasteiger partial charge in [0, 0.05) is 10.6 Å². The van der Waals surface area contributed by atoms with Crippen LogP contribution in [0.5, 0.6) is 0 Å². The molecule has 0 aromatic heterocycles. The molecule has 0 unspecified atom stereocenters. The molecule has 1 aromatic rings. The minimum atomic E-state index is 0.488. The maximum atomic E-state index is 4.63. The van der Waals surface area contributed by atoms with Crippen molar-refractivity contribution in [2.75, 3.05) is 11.5 Å².